The van der Waals surface area contributed by atoms with Gasteiger partial charge in [0.05, 0.1) is 5.69 Å². The van der Waals surface area contributed by atoms with E-state index < -0.39 is 5.41 Å². The molecule has 0 aliphatic rings. The van der Waals surface area contributed by atoms with E-state index in [0.717, 1.165) is 5.69 Å². The zero-order valence-corrected chi connectivity index (χ0v) is 10.8. The summed E-state index contributed by atoms with van der Waals surface area (Å²) in [6, 6.07) is 1.89. The molecule has 0 radical (unpaired) electrons. The van der Waals surface area contributed by atoms with Crippen LogP contribution in [-0.2, 0) is 18.3 Å². The SMILES string of the molecule is Cn1ccc(CCNC(=O)C(C)(C)/C(N)=N/O)n1. The first-order valence-electron chi connectivity index (χ1n) is 5.62. The van der Waals surface area contributed by atoms with Crippen molar-refractivity contribution in [3.8, 4) is 0 Å². The monoisotopic (exact) mass is 253 g/mol. The fourth-order valence-electron chi connectivity index (χ4n) is 1.36. The maximum atomic E-state index is 11.9. The number of carbonyl (C=O) groups excluding carboxylic acids is 1. The van der Waals surface area contributed by atoms with Gasteiger partial charge in [-0.1, -0.05) is 5.16 Å². The Bertz CT molecular complexity index is 450. The van der Waals surface area contributed by atoms with Crippen molar-refractivity contribution in [3.63, 3.8) is 0 Å². The molecule has 0 saturated heterocycles. The van der Waals surface area contributed by atoms with E-state index in [9.17, 15) is 4.79 Å². The lowest BCUT2D eigenvalue weighted by molar-refractivity contribution is -0.126. The number of nitrogens with zero attached hydrogens (tertiary/aromatic N) is 3. The Balaban J connectivity index is 2.47. The van der Waals surface area contributed by atoms with Crippen LogP contribution in [0.15, 0.2) is 17.4 Å². The number of amides is 1. The maximum absolute atomic E-state index is 11.9. The molecule has 0 spiro atoms. The van der Waals surface area contributed by atoms with Crippen LogP contribution in [0.4, 0.5) is 0 Å². The summed E-state index contributed by atoms with van der Waals surface area (Å²) >= 11 is 0. The largest absolute Gasteiger partial charge is 0.409 e. The predicted molar refractivity (Wildman–Crippen MR) is 67.1 cm³/mol. The van der Waals surface area contributed by atoms with Gasteiger partial charge in [-0.2, -0.15) is 5.10 Å². The van der Waals surface area contributed by atoms with E-state index in [1.54, 1.807) is 18.5 Å². The van der Waals surface area contributed by atoms with E-state index in [0.29, 0.717) is 13.0 Å². The van der Waals surface area contributed by atoms with Crippen molar-refractivity contribution < 1.29 is 10.0 Å². The molecular weight excluding hydrogens is 234 g/mol. The molecule has 1 aromatic rings. The summed E-state index contributed by atoms with van der Waals surface area (Å²) in [4.78, 5) is 11.9. The number of nitrogens with two attached hydrogens (primary N) is 1. The van der Waals surface area contributed by atoms with Gasteiger partial charge in [0.15, 0.2) is 5.84 Å². The number of amidine groups is 1. The summed E-state index contributed by atoms with van der Waals surface area (Å²) in [6.45, 7) is 3.65. The van der Waals surface area contributed by atoms with Crippen molar-refractivity contribution in [2.45, 2.75) is 20.3 Å². The second-order valence-electron chi connectivity index (χ2n) is 4.60. The van der Waals surface area contributed by atoms with Crippen molar-refractivity contribution in [2.24, 2.45) is 23.4 Å². The van der Waals surface area contributed by atoms with Gasteiger partial charge in [0.1, 0.15) is 5.41 Å². The number of nitrogens with one attached hydrogen (secondary N) is 1. The minimum Gasteiger partial charge on any atom is -0.409 e. The third-order valence-corrected chi connectivity index (χ3v) is 2.75. The highest BCUT2D eigenvalue weighted by Crippen LogP contribution is 2.14. The van der Waals surface area contributed by atoms with Gasteiger partial charge in [-0.15, -0.1) is 0 Å². The van der Waals surface area contributed by atoms with Gasteiger partial charge in [-0.05, 0) is 19.9 Å². The highest BCUT2D eigenvalue weighted by Gasteiger charge is 2.32. The van der Waals surface area contributed by atoms with Gasteiger partial charge < -0.3 is 16.3 Å². The normalized spacial score (nSPS) is 12.5. The van der Waals surface area contributed by atoms with Gasteiger partial charge >= 0.3 is 0 Å². The fourth-order valence-corrected chi connectivity index (χ4v) is 1.36. The molecular formula is C11H19N5O2. The maximum Gasteiger partial charge on any atom is 0.233 e. The van der Waals surface area contributed by atoms with Crippen LogP contribution in [0.1, 0.15) is 19.5 Å². The first kappa shape index (κ1) is 14.0. The van der Waals surface area contributed by atoms with E-state index in [1.165, 1.54) is 0 Å². The van der Waals surface area contributed by atoms with Crippen LogP contribution < -0.4 is 11.1 Å². The summed E-state index contributed by atoms with van der Waals surface area (Å²) in [6.07, 6.45) is 2.48. The topological polar surface area (TPSA) is 106 Å². The molecule has 18 heavy (non-hydrogen) atoms. The van der Waals surface area contributed by atoms with Crippen molar-refractivity contribution in [3.05, 3.63) is 18.0 Å². The summed E-state index contributed by atoms with van der Waals surface area (Å²) in [5, 5.41) is 18.4. The van der Waals surface area contributed by atoms with Gasteiger partial charge in [0, 0.05) is 26.2 Å². The summed E-state index contributed by atoms with van der Waals surface area (Å²) < 4.78 is 1.71. The molecule has 0 unspecified atom stereocenters. The highest BCUT2D eigenvalue weighted by atomic mass is 16.4. The lowest BCUT2D eigenvalue weighted by Gasteiger charge is -2.21. The van der Waals surface area contributed by atoms with Crippen LogP contribution in [0.3, 0.4) is 0 Å². The molecule has 0 saturated carbocycles. The average Bonchev–Trinajstić information content (AvgIpc) is 2.73. The standard InChI is InChI=1S/C11H19N5O2/c1-11(2,9(12)15-18)10(17)13-6-4-8-5-7-16(3)14-8/h5,7,18H,4,6H2,1-3H3,(H2,12,15)(H,13,17). The highest BCUT2D eigenvalue weighted by molar-refractivity contribution is 6.05. The predicted octanol–water partition coefficient (Wildman–Crippen LogP) is -0.149. The van der Waals surface area contributed by atoms with E-state index >= 15 is 0 Å². The first-order valence-corrected chi connectivity index (χ1v) is 5.62. The molecule has 0 atom stereocenters. The number of rotatable bonds is 5. The number of hydrogen-bond donors (Lipinski definition) is 3. The number of aromatic nitrogens is 2. The van der Waals surface area contributed by atoms with E-state index in [1.807, 2.05) is 19.3 Å². The summed E-state index contributed by atoms with van der Waals surface area (Å²) in [5.74, 6) is -0.397. The Labute approximate surface area is 106 Å². The zero-order valence-electron chi connectivity index (χ0n) is 10.8. The van der Waals surface area contributed by atoms with Crippen molar-refractivity contribution in [1.82, 2.24) is 15.1 Å². The third kappa shape index (κ3) is 3.22. The Morgan fingerprint density at radius 3 is 2.83 bits per heavy atom. The van der Waals surface area contributed by atoms with Crippen LogP contribution in [-0.4, -0.2) is 33.3 Å². The second kappa shape index (κ2) is 5.52. The van der Waals surface area contributed by atoms with Gasteiger partial charge in [0.25, 0.3) is 0 Å². The number of hydrogen-bond acceptors (Lipinski definition) is 4. The minimum absolute atomic E-state index is 0.113. The minimum atomic E-state index is -1.03. The fraction of sp³-hybridized carbons (Fsp3) is 0.545. The van der Waals surface area contributed by atoms with E-state index in [-0.39, 0.29) is 11.7 Å². The van der Waals surface area contributed by atoms with Crippen molar-refractivity contribution in [1.29, 1.82) is 0 Å². The molecule has 0 aromatic carbocycles. The Hall–Kier alpha value is -2.05. The molecule has 1 rings (SSSR count). The van der Waals surface area contributed by atoms with Crippen LogP contribution in [0.2, 0.25) is 0 Å². The van der Waals surface area contributed by atoms with Crippen molar-refractivity contribution in [2.75, 3.05) is 6.54 Å². The Morgan fingerprint density at radius 1 is 1.67 bits per heavy atom. The molecule has 0 aliphatic carbocycles. The molecule has 100 valence electrons. The van der Waals surface area contributed by atoms with Gasteiger partial charge in [-0.25, -0.2) is 0 Å². The molecule has 1 heterocycles. The average molecular weight is 253 g/mol. The van der Waals surface area contributed by atoms with Crippen LogP contribution in [0, 0.1) is 5.41 Å². The second-order valence-corrected chi connectivity index (χ2v) is 4.60. The van der Waals surface area contributed by atoms with E-state index in [2.05, 4.69) is 15.6 Å². The summed E-state index contributed by atoms with van der Waals surface area (Å²) in [7, 11) is 1.84. The smallest absolute Gasteiger partial charge is 0.233 e. The molecule has 4 N–H and O–H groups in total. The molecule has 1 amide bonds. The quantitative estimate of drug-likeness (QED) is 0.294. The number of aryl methyl sites for hydroxylation is 1. The zero-order chi connectivity index (χ0) is 13.8. The molecule has 7 nitrogen and oxygen atoms in total. The van der Waals surface area contributed by atoms with Gasteiger partial charge in [-0.3, -0.25) is 9.48 Å². The Kier molecular flexibility index (Phi) is 4.30. The van der Waals surface area contributed by atoms with Crippen molar-refractivity contribution >= 4 is 11.7 Å². The molecule has 7 heteroatoms. The van der Waals surface area contributed by atoms with Gasteiger partial charge in [0.2, 0.25) is 5.91 Å². The molecule has 1 aromatic heterocycles. The summed E-state index contributed by atoms with van der Waals surface area (Å²) in [5.41, 5.74) is 5.33. The molecule has 0 fully saturated rings. The molecule has 0 bridgehead atoms. The number of oxime groups is 1. The van der Waals surface area contributed by atoms with Crippen LogP contribution in [0.25, 0.3) is 0 Å². The lowest BCUT2D eigenvalue weighted by Crippen LogP contribution is -2.46. The lowest BCUT2D eigenvalue weighted by atomic mass is 9.91. The number of carbonyl (C=O) groups is 1. The first-order chi connectivity index (χ1) is 8.37. The van der Waals surface area contributed by atoms with Crippen LogP contribution in [0.5, 0.6) is 0 Å². The van der Waals surface area contributed by atoms with E-state index in [4.69, 9.17) is 10.9 Å². The van der Waals surface area contributed by atoms with Crippen LogP contribution >= 0.6 is 0 Å². The third-order valence-electron chi connectivity index (χ3n) is 2.75. The Morgan fingerprint density at radius 2 is 2.33 bits per heavy atom. The molecule has 0 aliphatic heterocycles.